The van der Waals surface area contributed by atoms with Crippen LogP contribution in [0.1, 0.15) is 70.4 Å². The van der Waals surface area contributed by atoms with E-state index < -0.39 is 35.8 Å². The molecule has 0 aliphatic carbocycles. The number of ether oxygens (including phenoxy) is 2. The summed E-state index contributed by atoms with van der Waals surface area (Å²) in [6.45, 7) is 11.7. The maximum absolute atomic E-state index is 14.1. The predicted octanol–water partition coefficient (Wildman–Crippen LogP) is 3.40. The summed E-state index contributed by atoms with van der Waals surface area (Å²) in [4.78, 5) is 62.5. The highest BCUT2D eigenvalue weighted by molar-refractivity contribution is 5.93. The van der Waals surface area contributed by atoms with Crippen molar-refractivity contribution in [2.45, 2.75) is 90.6 Å². The van der Waals surface area contributed by atoms with Crippen LogP contribution in [0.2, 0.25) is 0 Å². The van der Waals surface area contributed by atoms with E-state index in [0.717, 1.165) is 12.0 Å². The van der Waals surface area contributed by atoms with Crippen molar-refractivity contribution in [3.63, 3.8) is 0 Å². The number of aryl methyl sites for hydroxylation is 1. The summed E-state index contributed by atoms with van der Waals surface area (Å²) in [5.74, 6) is -1.46. The van der Waals surface area contributed by atoms with E-state index in [-0.39, 0.29) is 35.9 Å². The molecule has 1 fully saturated rings. The zero-order valence-corrected chi connectivity index (χ0v) is 28.3. The van der Waals surface area contributed by atoms with Crippen molar-refractivity contribution in [3.05, 3.63) is 53.9 Å². The van der Waals surface area contributed by atoms with Gasteiger partial charge in [0, 0.05) is 52.6 Å². The molecular weight excluding hydrogens is 595 g/mol. The summed E-state index contributed by atoms with van der Waals surface area (Å²) in [6, 6.07) is 3.88. The lowest BCUT2D eigenvalue weighted by Crippen LogP contribution is -2.59. The molecule has 1 aliphatic rings. The number of carbonyl (C=O) groups is 4. The van der Waals surface area contributed by atoms with Crippen molar-refractivity contribution < 1.29 is 33.0 Å². The number of nitrogens with one attached hydrogen (secondary N) is 1. The van der Waals surface area contributed by atoms with E-state index in [1.807, 2.05) is 0 Å². The minimum atomic E-state index is -1.03. The number of amides is 4. The highest BCUT2D eigenvalue weighted by Gasteiger charge is 2.39. The van der Waals surface area contributed by atoms with Gasteiger partial charge in [-0.15, -0.1) is 0 Å². The number of hydrogen-bond acceptors (Lipinski definition) is 7. The lowest BCUT2D eigenvalue weighted by molar-refractivity contribution is -0.142. The Bertz CT molecular complexity index is 1340. The molecule has 0 radical (unpaired) electrons. The van der Waals surface area contributed by atoms with Crippen LogP contribution in [0.25, 0.3) is 0 Å². The van der Waals surface area contributed by atoms with Crippen molar-refractivity contribution in [1.29, 1.82) is 0 Å². The van der Waals surface area contributed by atoms with Gasteiger partial charge in [0.25, 0.3) is 5.91 Å². The Kier molecular flexibility index (Phi) is 12.7. The van der Waals surface area contributed by atoms with Crippen molar-refractivity contribution in [3.8, 4) is 0 Å². The SMILES string of the molecule is CCO[C@H](C)[C@H](NC(=O)[C@H](C)N(C)C(=O)OC(C)(C)C)C(=O)N1CCC[C@H]1CN(CCc1ccc(F)cc1)C(=O)c1cn(C)cn1. The molecule has 13 heteroatoms. The molecule has 1 aromatic carbocycles. The molecule has 4 atom stereocenters. The number of carbonyl (C=O) groups excluding carboxylic acids is 4. The summed E-state index contributed by atoms with van der Waals surface area (Å²) in [7, 11) is 3.25. The normalized spacial score (nSPS) is 16.8. The molecule has 0 bridgehead atoms. The Morgan fingerprint density at radius 1 is 1.15 bits per heavy atom. The van der Waals surface area contributed by atoms with Gasteiger partial charge >= 0.3 is 6.09 Å². The molecule has 1 aliphatic heterocycles. The van der Waals surface area contributed by atoms with Gasteiger partial charge in [-0.05, 0) is 78.5 Å². The van der Waals surface area contributed by atoms with Crippen LogP contribution < -0.4 is 5.32 Å². The van der Waals surface area contributed by atoms with Crippen molar-refractivity contribution in [2.75, 3.05) is 33.3 Å². The quantitative estimate of drug-likeness (QED) is 0.354. The van der Waals surface area contributed by atoms with Crippen molar-refractivity contribution in [1.82, 2.24) is 29.6 Å². The molecule has 0 spiro atoms. The lowest BCUT2D eigenvalue weighted by atomic mass is 10.1. The number of likely N-dealkylation sites (tertiary alicyclic amines) is 1. The third-order valence-corrected chi connectivity index (χ3v) is 7.99. The van der Waals surface area contributed by atoms with E-state index in [9.17, 15) is 23.6 Å². The van der Waals surface area contributed by atoms with Gasteiger partial charge in [-0.1, -0.05) is 12.1 Å². The maximum atomic E-state index is 14.1. The molecule has 3 rings (SSSR count). The number of aromatic nitrogens is 2. The molecule has 12 nitrogen and oxygen atoms in total. The third kappa shape index (κ3) is 10.0. The Hall–Kier alpha value is -4.00. The first-order chi connectivity index (χ1) is 21.6. The van der Waals surface area contributed by atoms with Crippen LogP contribution in [-0.2, 0) is 32.5 Å². The van der Waals surface area contributed by atoms with E-state index in [1.165, 1.54) is 24.1 Å². The van der Waals surface area contributed by atoms with Crippen LogP contribution in [0.5, 0.6) is 0 Å². The summed E-state index contributed by atoms with van der Waals surface area (Å²) in [5.41, 5.74) is 0.424. The van der Waals surface area contributed by atoms with Crippen LogP contribution in [0.3, 0.4) is 0 Å². The third-order valence-electron chi connectivity index (χ3n) is 7.99. The summed E-state index contributed by atoms with van der Waals surface area (Å²) < 4.78 is 26.4. The van der Waals surface area contributed by atoms with Gasteiger partial charge in [-0.25, -0.2) is 14.2 Å². The Morgan fingerprint density at radius 2 is 1.83 bits per heavy atom. The van der Waals surface area contributed by atoms with Gasteiger partial charge in [0.2, 0.25) is 11.8 Å². The highest BCUT2D eigenvalue weighted by Crippen LogP contribution is 2.22. The number of benzene rings is 1. The van der Waals surface area contributed by atoms with E-state index in [4.69, 9.17) is 9.47 Å². The van der Waals surface area contributed by atoms with Gasteiger partial charge in [-0.2, -0.15) is 0 Å². The van der Waals surface area contributed by atoms with Gasteiger partial charge in [0.1, 0.15) is 29.2 Å². The van der Waals surface area contributed by atoms with Crippen LogP contribution >= 0.6 is 0 Å². The fourth-order valence-electron chi connectivity index (χ4n) is 5.31. The molecule has 2 heterocycles. The molecule has 4 amide bonds. The van der Waals surface area contributed by atoms with Crippen LogP contribution in [-0.4, -0.2) is 111 Å². The summed E-state index contributed by atoms with van der Waals surface area (Å²) in [6.07, 6.45) is 3.76. The number of likely N-dealkylation sites (N-methyl/N-ethyl adjacent to an activating group) is 1. The van der Waals surface area contributed by atoms with Crippen LogP contribution in [0.4, 0.5) is 9.18 Å². The minimum Gasteiger partial charge on any atom is -0.444 e. The molecular formula is C33H49FN6O6. The smallest absolute Gasteiger partial charge is 0.410 e. The lowest BCUT2D eigenvalue weighted by Gasteiger charge is -2.35. The Balaban J connectivity index is 1.79. The average Bonchev–Trinajstić information content (AvgIpc) is 3.65. The highest BCUT2D eigenvalue weighted by atomic mass is 19.1. The zero-order chi connectivity index (χ0) is 34.2. The van der Waals surface area contributed by atoms with Crippen molar-refractivity contribution in [2.24, 2.45) is 7.05 Å². The van der Waals surface area contributed by atoms with Gasteiger partial charge < -0.3 is 29.2 Å². The largest absolute Gasteiger partial charge is 0.444 e. The van der Waals surface area contributed by atoms with Crippen LogP contribution in [0, 0.1) is 5.82 Å². The number of hydrogen-bond donors (Lipinski definition) is 1. The number of rotatable bonds is 13. The maximum Gasteiger partial charge on any atom is 0.410 e. The molecule has 0 saturated carbocycles. The number of imidazole rings is 1. The molecule has 254 valence electrons. The van der Waals surface area contributed by atoms with E-state index in [1.54, 1.807) is 87.6 Å². The first-order valence-corrected chi connectivity index (χ1v) is 15.8. The molecule has 0 unspecified atom stereocenters. The van der Waals surface area contributed by atoms with Gasteiger partial charge in [0.15, 0.2) is 0 Å². The Labute approximate surface area is 271 Å². The van der Waals surface area contributed by atoms with Gasteiger partial charge in [0.05, 0.1) is 12.4 Å². The standard InChI is InChI=1S/C33H49FN6O6/c1-9-45-23(3)28(36-29(41)22(2)38(8)32(44)46-33(4,5)6)31(43)40-17-10-11-26(40)19-39(30(42)27-20-37(7)21-35-27)18-16-24-12-14-25(34)15-13-24/h12-15,20-23,26,28H,9-11,16-19H2,1-8H3,(H,36,41)/t22-,23+,26-,28-/m0/s1. The second-order valence-electron chi connectivity index (χ2n) is 12.8. The van der Waals surface area contributed by atoms with Crippen LogP contribution in [0.15, 0.2) is 36.8 Å². The molecule has 46 heavy (non-hydrogen) atoms. The molecule has 2 aromatic rings. The monoisotopic (exact) mass is 644 g/mol. The van der Waals surface area contributed by atoms with Crippen molar-refractivity contribution >= 4 is 23.8 Å². The summed E-state index contributed by atoms with van der Waals surface area (Å²) in [5, 5.41) is 2.82. The fourth-order valence-corrected chi connectivity index (χ4v) is 5.31. The van der Waals surface area contributed by atoms with E-state index in [2.05, 4.69) is 10.3 Å². The minimum absolute atomic E-state index is 0.254. The number of halogens is 1. The molecule has 1 saturated heterocycles. The van der Waals surface area contributed by atoms with E-state index in [0.29, 0.717) is 32.5 Å². The fraction of sp³-hybridized carbons (Fsp3) is 0.606. The predicted molar refractivity (Wildman–Crippen MR) is 170 cm³/mol. The first kappa shape index (κ1) is 36.5. The average molecular weight is 645 g/mol. The summed E-state index contributed by atoms with van der Waals surface area (Å²) >= 11 is 0. The Morgan fingerprint density at radius 3 is 2.41 bits per heavy atom. The zero-order valence-electron chi connectivity index (χ0n) is 28.3. The number of nitrogens with zero attached hydrogens (tertiary/aromatic N) is 5. The van der Waals surface area contributed by atoms with Gasteiger partial charge in [-0.3, -0.25) is 19.3 Å². The van der Waals surface area contributed by atoms with E-state index >= 15 is 0 Å². The first-order valence-electron chi connectivity index (χ1n) is 15.8. The molecule has 1 N–H and O–H groups in total. The molecule has 1 aromatic heterocycles. The second kappa shape index (κ2) is 16.0. The second-order valence-corrected chi connectivity index (χ2v) is 12.8. The topological polar surface area (TPSA) is 126 Å².